The number of hydrogen-bond donors (Lipinski definition) is 2. The molecule has 4 rings (SSSR count). The number of aromatic nitrogens is 2. The first kappa shape index (κ1) is 15.4. The van der Waals surface area contributed by atoms with Crippen molar-refractivity contribution in [1.29, 1.82) is 0 Å². The number of hydrogen-bond acceptors (Lipinski definition) is 4. The molecule has 2 aromatic rings. The lowest BCUT2D eigenvalue weighted by atomic mass is 9.85. The van der Waals surface area contributed by atoms with E-state index in [1.807, 2.05) is 16.8 Å². The molecule has 2 N–H and O–H groups in total. The van der Waals surface area contributed by atoms with E-state index in [0.717, 1.165) is 18.6 Å². The van der Waals surface area contributed by atoms with Crippen molar-refractivity contribution in [3.63, 3.8) is 0 Å². The third-order valence-corrected chi connectivity index (χ3v) is 5.18. The average molecular weight is 328 g/mol. The second-order valence-corrected chi connectivity index (χ2v) is 6.91. The first-order valence-corrected chi connectivity index (χ1v) is 8.89. The number of furan rings is 1. The molecule has 0 radical (unpaired) electrons. The van der Waals surface area contributed by atoms with Crippen LogP contribution < -0.4 is 10.6 Å². The summed E-state index contributed by atoms with van der Waals surface area (Å²) in [7, 11) is 0. The van der Waals surface area contributed by atoms with Gasteiger partial charge in [-0.1, -0.05) is 12.8 Å². The number of imidazole rings is 1. The van der Waals surface area contributed by atoms with Crippen LogP contribution in [0, 0.1) is 0 Å². The molecule has 0 bridgehead atoms. The lowest BCUT2D eigenvalue weighted by Gasteiger charge is -2.39. The largest absolute Gasteiger partial charge is 0.454 e. The van der Waals surface area contributed by atoms with Gasteiger partial charge < -0.3 is 19.6 Å². The van der Waals surface area contributed by atoms with Crippen molar-refractivity contribution in [2.45, 2.75) is 63.2 Å². The average Bonchev–Trinajstić information content (AvgIpc) is 3.31. The van der Waals surface area contributed by atoms with Crippen LogP contribution in [0.2, 0.25) is 0 Å². The van der Waals surface area contributed by atoms with E-state index >= 15 is 0 Å². The molecule has 0 aliphatic heterocycles. The van der Waals surface area contributed by atoms with Crippen molar-refractivity contribution in [3.8, 4) is 0 Å². The Morgan fingerprint density at radius 3 is 2.75 bits per heavy atom. The fraction of sp³-hybridized carbons (Fsp3) is 0.556. The number of nitrogens with one attached hydrogen (secondary N) is 2. The molecule has 128 valence electrons. The molecule has 2 heterocycles. The van der Waals surface area contributed by atoms with Crippen LogP contribution in [-0.4, -0.2) is 33.6 Å². The quantitative estimate of drug-likeness (QED) is 0.853. The van der Waals surface area contributed by atoms with Crippen LogP contribution in [0.3, 0.4) is 0 Å². The molecule has 2 fully saturated rings. The van der Waals surface area contributed by atoms with Gasteiger partial charge in [-0.15, -0.1) is 0 Å². The van der Waals surface area contributed by atoms with Crippen LogP contribution in [-0.2, 0) is 6.54 Å². The van der Waals surface area contributed by atoms with Gasteiger partial charge in [0.25, 0.3) is 5.91 Å². The summed E-state index contributed by atoms with van der Waals surface area (Å²) < 4.78 is 7.59. The van der Waals surface area contributed by atoms with Gasteiger partial charge in [-0.2, -0.15) is 0 Å². The topological polar surface area (TPSA) is 72.1 Å². The number of carbonyl (C=O) groups is 1. The van der Waals surface area contributed by atoms with Gasteiger partial charge in [0.15, 0.2) is 5.76 Å². The van der Waals surface area contributed by atoms with Gasteiger partial charge in [-0.25, -0.2) is 4.98 Å². The number of carbonyl (C=O) groups excluding carboxylic acids is 1. The zero-order chi connectivity index (χ0) is 16.4. The summed E-state index contributed by atoms with van der Waals surface area (Å²) in [5.74, 6) is 1.03. The number of rotatable bonds is 6. The Hall–Kier alpha value is -2.08. The highest BCUT2D eigenvalue weighted by atomic mass is 16.4. The monoisotopic (exact) mass is 328 g/mol. The van der Waals surface area contributed by atoms with Crippen molar-refractivity contribution in [2.24, 2.45) is 0 Å². The molecular weight excluding hydrogens is 304 g/mol. The minimum absolute atomic E-state index is 0.116. The normalized spacial score (nSPS) is 24.0. The molecule has 2 aliphatic carbocycles. The van der Waals surface area contributed by atoms with Crippen LogP contribution >= 0.6 is 0 Å². The Labute approximate surface area is 141 Å². The summed E-state index contributed by atoms with van der Waals surface area (Å²) in [4.78, 5) is 16.4. The molecule has 2 aliphatic rings. The molecule has 2 saturated carbocycles. The van der Waals surface area contributed by atoms with Gasteiger partial charge in [0.05, 0.1) is 12.9 Å². The minimum Gasteiger partial charge on any atom is -0.454 e. The number of nitrogens with zero attached hydrogens (tertiary/aromatic N) is 2. The fourth-order valence-corrected chi connectivity index (χ4v) is 3.65. The summed E-state index contributed by atoms with van der Waals surface area (Å²) in [5, 5.41) is 6.82. The van der Waals surface area contributed by atoms with E-state index < -0.39 is 0 Å². The highest BCUT2D eigenvalue weighted by Gasteiger charge is 2.34. The Morgan fingerprint density at radius 2 is 2.04 bits per heavy atom. The lowest BCUT2D eigenvalue weighted by molar-refractivity contribution is 0.0859. The van der Waals surface area contributed by atoms with Crippen LogP contribution in [0.5, 0.6) is 0 Å². The van der Waals surface area contributed by atoms with Crippen LogP contribution in [0.25, 0.3) is 0 Å². The molecule has 24 heavy (non-hydrogen) atoms. The van der Waals surface area contributed by atoms with Crippen LogP contribution in [0.1, 0.15) is 54.8 Å². The van der Waals surface area contributed by atoms with Crippen molar-refractivity contribution >= 4 is 5.91 Å². The molecule has 2 aromatic heterocycles. The molecule has 1 amide bonds. The molecule has 2 unspecified atom stereocenters. The first-order chi connectivity index (χ1) is 11.8. The van der Waals surface area contributed by atoms with E-state index in [4.69, 9.17) is 4.42 Å². The standard InChI is InChI=1S/C18H24N4O2/c23-18(17-8-5-14(24-17)11-22-10-9-19-12-22)21-16-7-6-15(16)20-13-3-1-2-4-13/h5,8-10,12-13,15-16,20H,1-4,6-7,11H2,(H,21,23). The predicted molar refractivity (Wildman–Crippen MR) is 89.7 cm³/mol. The van der Waals surface area contributed by atoms with Crippen LogP contribution in [0.4, 0.5) is 0 Å². The summed E-state index contributed by atoms with van der Waals surface area (Å²) >= 11 is 0. The van der Waals surface area contributed by atoms with Gasteiger partial charge in [0.1, 0.15) is 5.76 Å². The molecule has 6 heteroatoms. The third-order valence-electron chi connectivity index (χ3n) is 5.18. The molecule has 6 nitrogen and oxygen atoms in total. The van der Waals surface area contributed by atoms with Gasteiger partial charge in [0.2, 0.25) is 0 Å². The maximum atomic E-state index is 12.4. The first-order valence-electron chi connectivity index (χ1n) is 8.89. The molecule has 0 spiro atoms. The predicted octanol–water partition coefficient (Wildman–Crippen LogP) is 2.32. The summed E-state index contributed by atoms with van der Waals surface area (Å²) in [5.41, 5.74) is 0. The Balaban J connectivity index is 1.30. The van der Waals surface area contributed by atoms with Gasteiger partial charge >= 0.3 is 0 Å². The molecule has 2 atom stereocenters. The zero-order valence-electron chi connectivity index (χ0n) is 13.8. The van der Waals surface area contributed by atoms with Gasteiger partial charge in [-0.3, -0.25) is 4.79 Å². The molecule has 0 aromatic carbocycles. The summed E-state index contributed by atoms with van der Waals surface area (Å²) in [6.07, 6.45) is 12.7. The smallest absolute Gasteiger partial charge is 0.287 e. The van der Waals surface area contributed by atoms with Crippen molar-refractivity contribution < 1.29 is 9.21 Å². The van der Waals surface area contributed by atoms with E-state index in [0.29, 0.717) is 24.4 Å². The zero-order valence-corrected chi connectivity index (χ0v) is 13.8. The molecule has 0 saturated heterocycles. The minimum atomic E-state index is -0.116. The fourth-order valence-electron chi connectivity index (χ4n) is 3.65. The van der Waals surface area contributed by atoms with E-state index in [1.54, 1.807) is 18.6 Å². The van der Waals surface area contributed by atoms with Crippen LogP contribution in [0.15, 0.2) is 35.3 Å². The van der Waals surface area contributed by atoms with E-state index in [-0.39, 0.29) is 11.9 Å². The highest BCUT2D eigenvalue weighted by molar-refractivity contribution is 5.91. The van der Waals surface area contributed by atoms with E-state index in [2.05, 4.69) is 15.6 Å². The van der Waals surface area contributed by atoms with Gasteiger partial charge in [-0.05, 0) is 37.8 Å². The Morgan fingerprint density at radius 1 is 1.21 bits per heavy atom. The molecular formula is C18H24N4O2. The van der Waals surface area contributed by atoms with Crippen molar-refractivity contribution in [3.05, 3.63) is 42.4 Å². The Bertz CT molecular complexity index is 673. The maximum absolute atomic E-state index is 12.4. The Kier molecular flexibility index (Phi) is 4.38. The highest BCUT2D eigenvalue weighted by Crippen LogP contribution is 2.25. The van der Waals surface area contributed by atoms with E-state index in [9.17, 15) is 4.79 Å². The third kappa shape index (κ3) is 3.38. The maximum Gasteiger partial charge on any atom is 0.287 e. The summed E-state index contributed by atoms with van der Waals surface area (Å²) in [6, 6.07) is 4.88. The SMILES string of the molecule is O=C(NC1CCC1NC1CCCC1)c1ccc(Cn2ccnc2)o1. The van der Waals surface area contributed by atoms with Crippen molar-refractivity contribution in [1.82, 2.24) is 20.2 Å². The second-order valence-electron chi connectivity index (χ2n) is 6.91. The number of amides is 1. The van der Waals surface area contributed by atoms with Gasteiger partial charge in [0, 0.05) is 30.5 Å². The van der Waals surface area contributed by atoms with Crippen molar-refractivity contribution in [2.75, 3.05) is 0 Å². The van der Waals surface area contributed by atoms with E-state index in [1.165, 1.54) is 25.7 Å². The second kappa shape index (κ2) is 6.81. The lowest BCUT2D eigenvalue weighted by Crippen LogP contribution is -2.58. The summed E-state index contributed by atoms with van der Waals surface area (Å²) in [6.45, 7) is 0.586.